The molecule has 0 radical (unpaired) electrons. The summed E-state index contributed by atoms with van der Waals surface area (Å²) >= 11 is 0. The van der Waals surface area contributed by atoms with Gasteiger partial charge in [0.25, 0.3) is 0 Å². The Kier molecular flexibility index (Phi) is 10.7. The first-order chi connectivity index (χ1) is 22.7. The smallest absolute Gasteiger partial charge is 0.407 e. The third-order valence-corrected chi connectivity index (χ3v) is 8.33. The molecule has 0 fully saturated rings. The summed E-state index contributed by atoms with van der Waals surface area (Å²) in [5.74, 6) is -2.63. The lowest BCUT2D eigenvalue weighted by atomic mass is 9.98. The predicted octanol–water partition coefficient (Wildman–Crippen LogP) is 3.13. The summed E-state index contributed by atoms with van der Waals surface area (Å²) in [7, 11) is 1.22. The van der Waals surface area contributed by atoms with E-state index in [0.717, 1.165) is 27.8 Å². The van der Waals surface area contributed by atoms with E-state index in [4.69, 9.17) is 9.47 Å². The van der Waals surface area contributed by atoms with Gasteiger partial charge in [0, 0.05) is 12.3 Å². The van der Waals surface area contributed by atoms with E-state index < -0.39 is 54.0 Å². The zero-order valence-corrected chi connectivity index (χ0v) is 26.2. The van der Waals surface area contributed by atoms with Crippen molar-refractivity contribution in [1.82, 2.24) is 21.3 Å². The number of nitrogens with one attached hydrogen (secondary N) is 4. The number of alkyl carbamates (subject to hydrolysis) is 1. The van der Waals surface area contributed by atoms with Crippen LogP contribution in [0, 0.1) is 0 Å². The predicted molar refractivity (Wildman–Crippen MR) is 174 cm³/mol. The van der Waals surface area contributed by atoms with E-state index in [1.165, 1.54) is 14.0 Å². The summed E-state index contributed by atoms with van der Waals surface area (Å²) in [4.78, 5) is 65.5. The molecular weight excluding hydrogens is 600 g/mol. The van der Waals surface area contributed by atoms with Gasteiger partial charge in [0.1, 0.15) is 30.8 Å². The molecule has 47 heavy (non-hydrogen) atoms. The van der Waals surface area contributed by atoms with E-state index in [9.17, 15) is 24.0 Å². The van der Waals surface area contributed by atoms with Crippen molar-refractivity contribution in [1.29, 1.82) is 0 Å². The number of fused-ring (bicyclic) bond motifs is 3. The minimum atomic E-state index is -1.09. The largest absolute Gasteiger partial charge is 0.467 e. The molecule has 1 heterocycles. The second-order valence-electron chi connectivity index (χ2n) is 11.5. The zero-order valence-electron chi connectivity index (χ0n) is 26.2. The molecule has 3 aromatic carbocycles. The highest BCUT2D eigenvalue weighted by Gasteiger charge is 2.32. The number of hydrogen-bond acceptors (Lipinski definition) is 7. The summed E-state index contributed by atoms with van der Waals surface area (Å²) in [6, 6.07) is 20.8. The van der Waals surface area contributed by atoms with Crippen LogP contribution < -0.4 is 21.3 Å². The third-order valence-electron chi connectivity index (χ3n) is 8.33. The molecule has 11 nitrogen and oxygen atoms in total. The summed E-state index contributed by atoms with van der Waals surface area (Å²) < 4.78 is 10.5. The molecule has 0 spiro atoms. The van der Waals surface area contributed by atoms with Crippen LogP contribution in [-0.4, -0.2) is 67.7 Å². The van der Waals surface area contributed by atoms with Crippen LogP contribution in [0.25, 0.3) is 11.1 Å². The van der Waals surface area contributed by atoms with E-state index >= 15 is 0 Å². The van der Waals surface area contributed by atoms with Crippen LogP contribution in [0.2, 0.25) is 0 Å². The number of ether oxygens (including phenoxy) is 2. The number of methoxy groups -OCH3 is 1. The summed E-state index contributed by atoms with van der Waals surface area (Å²) in [6.45, 7) is 1.54. The zero-order chi connectivity index (χ0) is 33.3. The van der Waals surface area contributed by atoms with Crippen molar-refractivity contribution in [2.24, 2.45) is 0 Å². The van der Waals surface area contributed by atoms with Crippen LogP contribution in [0.1, 0.15) is 42.4 Å². The molecule has 5 rings (SSSR count). The molecule has 1 aliphatic heterocycles. The number of amides is 4. The quantitative estimate of drug-likeness (QED) is 0.239. The Morgan fingerprint density at radius 1 is 0.766 bits per heavy atom. The lowest BCUT2D eigenvalue weighted by Gasteiger charge is -2.25. The van der Waals surface area contributed by atoms with Gasteiger partial charge < -0.3 is 30.7 Å². The van der Waals surface area contributed by atoms with Crippen LogP contribution in [-0.2, 0) is 35.1 Å². The lowest BCUT2D eigenvalue weighted by molar-refractivity contribution is -0.145. The average molecular weight is 639 g/mol. The number of carbonyl (C=O) groups is 5. The minimum Gasteiger partial charge on any atom is -0.467 e. The molecule has 3 aromatic rings. The highest BCUT2D eigenvalue weighted by molar-refractivity contribution is 5.95. The van der Waals surface area contributed by atoms with E-state index in [1.807, 2.05) is 78.9 Å². The Labute approximate surface area is 273 Å². The highest BCUT2D eigenvalue weighted by Crippen LogP contribution is 2.44. The third kappa shape index (κ3) is 8.04. The van der Waals surface area contributed by atoms with Crippen molar-refractivity contribution in [3.05, 3.63) is 108 Å². The summed E-state index contributed by atoms with van der Waals surface area (Å²) in [5.41, 5.74) is 5.07. The van der Waals surface area contributed by atoms with Gasteiger partial charge in [-0.05, 0) is 47.6 Å². The normalized spacial score (nSPS) is 22.3. The molecule has 0 saturated heterocycles. The fourth-order valence-electron chi connectivity index (χ4n) is 5.84. The van der Waals surface area contributed by atoms with Crippen molar-refractivity contribution in [3.63, 3.8) is 0 Å². The molecular formula is C36H38N4O7. The van der Waals surface area contributed by atoms with Crippen LogP contribution in [0.5, 0.6) is 0 Å². The Balaban J connectivity index is 1.30. The van der Waals surface area contributed by atoms with Gasteiger partial charge in [-0.25, -0.2) is 9.59 Å². The van der Waals surface area contributed by atoms with Crippen LogP contribution in [0.3, 0.4) is 0 Å². The van der Waals surface area contributed by atoms with E-state index in [1.54, 1.807) is 12.2 Å². The molecule has 4 amide bonds. The summed E-state index contributed by atoms with van der Waals surface area (Å²) in [6.07, 6.45) is 2.69. The molecule has 4 atom stereocenters. The maximum atomic E-state index is 13.4. The molecule has 0 aromatic heterocycles. The lowest BCUT2D eigenvalue weighted by Crippen LogP contribution is -2.57. The number of hydrogen-bond donors (Lipinski definition) is 4. The maximum absolute atomic E-state index is 13.4. The first kappa shape index (κ1) is 32.9. The number of esters is 1. The van der Waals surface area contributed by atoms with Gasteiger partial charge in [-0.2, -0.15) is 0 Å². The topological polar surface area (TPSA) is 152 Å². The molecule has 244 valence electrons. The van der Waals surface area contributed by atoms with Gasteiger partial charge in [-0.1, -0.05) is 91.0 Å². The Bertz CT molecular complexity index is 1610. The molecule has 0 bridgehead atoms. The SMILES string of the molecule is COC(=O)C1C/C=C\C[C@H](NC(=O)OCC2c3ccccc3-c3ccccc32)C(=O)N[C@@H](C)C(=O)NC(Cc2ccccc2)C(=O)N1. The first-order valence-corrected chi connectivity index (χ1v) is 15.5. The molecule has 2 aliphatic rings. The number of benzene rings is 3. The molecule has 11 heteroatoms. The van der Waals surface area contributed by atoms with Crippen molar-refractivity contribution in [2.75, 3.05) is 13.7 Å². The standard InChI is InChI=1S/C36H38N4O7/c1-22-32(41)39-31(20-23-12-4-3-5-13-23)34(43)38-30(35(44)46-2)19-11-10-18-29(33(42)37-22)40-36(45)47-21-28-26-16-8-6-14-24(26)25-15-7-9-17-27(25)28/h3-17,22,28-31H,18-21H2,1-2H3,(H,37,42)(H,38,43)(H,39,41)(H,40,45)/b11-10-/t22-,29-,30?,31?/m0/s1. The Morgan fingerprint density at radius 3 is 2.04 bits per heavy atom. The Morgan fingerprint density at radius 2 is 1.38 bits per heavy atom. The van der Waals surface area contributed by atoms with Crippen molar-refractivity contribution in [3.8, 4) is 11.1 Å². The number of rotatable bonds is 6. The van der Waals surface area contributed by atoms with Gasteiger partial charge >= 0.3 is 12.1 Å². The van der Waals surface area contributed by atoms with Crippen molar-refractivity contribution < 1.29 is 33.4 Å². The molecule has 2 unspecified atom stereocenters. The van der Waals surface area contributed by atoms with Gasteiger partial charge in [-0.3, -0.25) is 14.4 Å². The van der Waals surface area contributed by atoms with Crippen molar-refractivity contribution >= 4 is 29.8 Å². The van der Waals surface area contributed by atoms with Gasteiger partial charge in [0.05, 0.1) is 7.11 Å². The summed E-state index contributed by atoms with van der Waals surface area (Å²) in [5, 5.41) is 10.6. The van der Waals surface area contributed by atoms with E-state index in [0.29, 0.717) is 0 Å². The maximum Gasteiger partial charge on any atom is 0.407 e. The monoisotopic (exact) mass is 638 g/mol. The fourth-order valence-corrected chi connectivity index (χ4v) is 5.84. The minimum absolute atomic E-state index is 0.0306. The average Bonchev–Trinajstić information content (AvgIpc) is 3.40. The second kappa shape index (κ2) is 15.2. The van der Waals surface area contributed by atoms with Gasteiger partial charge in [-0.15, -0.1) is 0 Å². The van der Waals surface area contributed by atoms with Crippen LogP contribution >= 0.6 is 0 Å². The molecule has 0 saturated carbocycles. The Hall–Kier alpha value is -5.45. The van der Waals surface area contributed by atoms with Gasteiger partial charge in [0.15, 0.2) is 0 Å². The fraction of sp³-hybridized carbons (Fsp3) is 0.306. The molecule has 1 aliphatic carbocycles. The number of carbonyl (C=O) groups excluding carboxylic acids is 5. The van der Waals surface area contributed by atoms with Gasteiger partial charge in [0.2, 0.25) is 17.7 Å². The van der Waals surface area contributed by atoms with Crippen LogP contribution in [0.15, 0.2) is 91.0 Å². The first-order valence-electron chi connectivity index (χ1n) is 15.5. The molecule has 4 N–H and O–H groups in total. The van der Waals surface area contributed by atoms with E-state index in [-0.39, 0.29) is 31.8 Å². The van der Waals surface area contributed by atoms with Crippen LogP contribution in [0.4, 0.5) is 4.79 Å². The van der Waals surface area contributed by atoms with E-state index in [2.05, 4.69) is 21.3 Å². The second-order valence-corrected chi connectivity index (χ2v) is 11.5. The van der Waals surface area contributed by atoms with Crippen molar-refractivity contribution in [2.45, 2.75) is 56.3 Å². The highest BCUT2D eigenvalue weighted by atomic mass is 16.5.